The second kappa shape index (κ2) is 5.31. The minimum absolute atomic E-state index is 0.00983. The van der Waals surface area contributed by atoms with Gasteiger partial charge in [-0.1, -0.05) is 30.3 Å². The predicted octanol–water partition coefficient (Wildman–Crippen LogP) is 3.83. The third-order valence-corrected chi connectivity index (χ3v) is 3.20. The average Bonchev–Trinajstić information content (AvgIpc) is 2.49. The molecule has 3 rings (SSSR count). The van der Waals surface area contributed by atoms with Gasteiger partial charge in [0.1, 0.15) is 5.75 Å². The molecule has 0 unspecified atom stereocenters. The van der Waals surface area contributed by atoms with E-state index in [4.69, 9.17) is 9.84 Å². The number of aliphatic hydroxyl groups is 1. The Kier molecular flexibility index (Phi) is 3.35. The third kappa shape index (κ3) is 2.49. The lowest BCUT2D eigenvalue weighted by Crippen LogP contribution is -1.94. The van der Waals surface area contributed by atoms with Gasteiger partial charge in [0.2, 0.25) is 5.88 Å². The highest BCUT2D eigenvalue weighted by Crippen LogP contribution is 2.26. The number of hydrogen-bond acceptors (Lipinski definition) is 3. The van der Waals surface area contributed by atoms with Crippen LogP contribution in [0.15, 0.2) is 54.7 Å². The molecular weight excluding hydrogens is 250 g/mol. The van der Waals surface area contributed by atoms with Gasteiger partial charge in [-0.05, 0) is 41.5 Å². The fourth-order valence-corrected chi connectivity index (χ4v) is 2.16. The van der Waals surface area contributed by atoms with Gasteiger partial charge in [0.05, 0.1) is 6.61 Å². The molecule has 0 aliphatic carbocycles. The Balaban J connectivity index is 1.92. The summed E-state index contributed by atoms with van der Waals surface area (Å²) in [5.41, 5.74) is 1.69. The molecule has 0 amide bonds. The molecule has 3 heteroatoms. The number of rotatable bonds is 3. The minimum Gasteiger partial charge on any atom is -0.439 e. The fourth-order valence-electron chi connectivity index (χ4n) is 2.16. The number of ether oxygens (including phenoxy) is 1. The van der Waals surface area contributed by atoms with Crippen LogP contribution in [0.3, 0.4) is 0 Å². The van der Waals surface area contributed by atoms with Crippen LogP contribution in [0.25, 0.3) is 10.8 Å². The lowest BCUT2D eigenvalue weighted by molar-refractivity contribution is 0.281. The highest BCUT2D eigenvalue weighted by molar-refractivity contribution is 5.83. The minimum atomic E-state index is -0.00983. The summed E-state index contributed by atoms with van der Waals surface area (Å²) in [6.45, 7) is 1.91. The first-order chi connectivity index (χ1) is 9.76. The molecule has 0 aliphatic heterocycles. The number of aliphatic hydroxyl groups excluding tert-OH is 1. The van der Waals surface area contributed by atoms with E-state index in [1.54, 1.807) is 6.20 Å². The molecule has 0 radical (unpaired) electrons. The van der Waals surface area contributed by atoms with Crippen LogP contribution in [0.2, 0.25) is 0 Å². The van der Waals surface area contributed by atoms with E-state index >= 15 is 0 Å². The Morgan fingerprint density at radius 1 is 1.05 bits per heavy atom. The van der Waals surface area contributed by atoms with Crippen molar-refractivity contribution in [1.29, 1.82) is 0 Å². The summed E-state index contributed by atoms with van der Waals surface area (Å²) < 4.78 is 5.82. The monoisotopic (exact) mass is 265 g/mol. The molecule has 0 fully saturated rings. The lowest BCUT2D eigenvalue weighted by atomic mass is 10.1. The van der Waals surface area contributed by atoms with Crippen LogP contribution >= 0.6 is 0 Å². The molecule has 100 valence electrons. The summed E-state index contributed by atoms with van der Waals surface area (Å²) in [5.74, 6) is 1.33. The van der Waals surface area contributed by atoms with Crippen LogP contribution in [0.5, 0.6) is 11.6 Å². The van der Waals surface area contributed by atoms with E-state index in [1.165, 1.54) is 5.39 Å². The molecular formula is C17H15NO2. The summed E-state index contributed by atoms with van der Waals surface area (Å²) in [6, 6.07) is 16.0. The quantitative estimate of drug-likeness (QED) is 0.782. The first-order valence-corrected chi connectivity index (χ1v) is 6.49. The Morgan fingerprint density at radius 3 is 2.60 bits per heavy atom. The van der Waals surface area contributed by atoms with Crippen LogP contribution < -0.4 is 4.74 Å². The maximum absolute atomic E-state index is 9.08. The van der Waals surface area contributed by atoms with E-state index in [-0.39, 0.29) is 6.61 Å². The van der Waals surface area contributed by atoms with Crippen molar-refractivity contribution in [2.75, 3.05) is 0 Å². The van der Waals surface area contributed by atoms with Gasteiger partial charge in [-0.3, -0.25) is 0 Å². The van der Waals surface area contributed by atoms with E-state index in [0.717, 1.165) is 22.3 Å². The van der Waals surface area contributed by atoms with Gasteiger partial charge >= 0.3 is 0 Å². The number of aryl methyl sites for hydroxylation is 1. The molecule has 0 saturated heterocycles. The predicted molar refractivity (Wildman–Crippen MR) is 78.9 cm³/mol. The zero-order valence-electron chi connectivity index (χ0n) is 11.2. The highest BCUT2D eigenvalue weighted by Gasteiger charge is 2.05. The zero-order chi connectivity index (χ0) is 13.9. The van der Waals surface area contributed by atoms with Crippen molar-refractivity contribution in [2.24, 2.45) is 0 Å². The van der Waals surface area contributed by atoms with Crippen LogP contribution in [0, 0.1) is 6.92 Å². The first kappa shape index (κ1) is 12.6. The van der Waals surface area contributed by atoms with Gasteiger partial charge in [0.15, 0.2) is 0 Å². The van der Waals surface area contributed by atoms with Gasteiger partial charge < -0.3 is 9.84 Å². The molecule has 1 heterocycles. The van der Waals surface area contributed by atoms with E-state index in [2.05, 4.69) is 17.1 Å². The van der Waals surface area contributed by atoms with E-state index in [9.17, 15) is 0 Å². The molecule has 0 spiro atoms. The molecule has 2 aromatic carbocycles. The van der Waals surface area contributed by atoms with Gasteiger partial charge in [-0.15, -0.1) is 0 Å². The fraction of sp³-hybridized carbons (Fsp3) is 0.118. The summed E-state index contributed by atoms with van der Waals surface area (Å²) in [6.07, 6.45) is 1.63. The van der Waals surface area contributed by atoms with Gasteiger partial charge in [0.25, 0.3) is 0 Å². The van der Waals surface area contributed by atoms with Gasteiger partial charge in [-0.25, -0.2) is 4.98 Å². The van der Waals surface area contributed by atoms with Crippen LogP contribution in [-0.4, -0.2) is 10.1 Å². The molecule has 1 aromatic heterocycles. The standard InChI is InChI=1S/C17H15NO2/c1-12-8-13(11-19)10-18-17(12)20-16-7-6-14-4-2-3-5-15(14)9-16/h2-10,19H,11H2,1H3. The molecule has 0 atom stereocenters. The topological polar surface area (TPSA) is 42.4 Å². The van der Waals surface area contributed by atoms with Crippen molar-refractivity contribution < 1.29 is 9.84 Å². The second-order valence-corrected chi connectivity index (χ2v) is 4.73. The number of benzene rings is 2. The largest absolute Gasteiger partial charge is 0.439 e. The van der Waals surface area contributed by atoms with Crippen molar-refractivity contribution in [1.82, 2.24) is 4.98 Å². The van der Waals surface area contributed by atoms with Crippen molar-refractivity contribution in [2.45, 2.75) is 13.5 Å². The van der Waals surface area contributed by atoms with Gasteiger partial charge in [0, 0.05) is 11.8 Å². The number of nitrogens with zero attached hydrogens (tertiary/aromatic N) is 1. The van der Waals surface area contributed by atoms with Gasteiger partial charge in [-0.2, -0.15) is 0 Å². The molecule has 0 bridgehead atoms. The highest BCUT2D eigenvalue weighted by atomic mass is 16.5. The van der Waals surface area contributed by atoms with E-state index in [1.807, 2.05) is 43.3 Å². The molecule has 0 aliphatic rings. The zero-order valence-corrected chi connectivity index (χ0v) is 11.2. The molecule has 3 aromatic rings. The van der Waals surface area contributed by atoms with Crippen LogP contribution in [0.1, 0.15) is 11.1 Å². The summed E-state index contributed by atoms with van der Waals surface area (Å²) >= 11 is 0. The Morgan fingerprint density at radius 2 is 1.85 bits per heavy atom. The number of fused-ring (bicyclic) bond motifs is 1. The summed E-state index contributed by atoms with van der Waals surface area (Å²) in [7, 11) is 0. The summed E-state index contributed by atoms with van der Waals surface area (Å²) in [4.78, 5) is 4.24. The number of aromatic nitrogens is 1. The number of pyridine rings is 1. The Bertz CT molecular complexity index is 753. The second-order valence-electron chi connectivity index (χ2n) is 4.73. The van der Waals surface area contributed by atoms with E-state index in [0.29, 0.717) is 5.88 Å². The van der Waals surface area contributed by atoms with Crippen molar-refractivity contribution in [3.63, 3.8) is 0 Å². The van der Waals surface area contributed by atoms with Crippen molar-refractivity contribution in [3.8, 4) is 11.6 Å². The summed E-state index contributed by atoms with van der Waals surface area (Å²) in [5, 5.41) is 11.4. The number of hydrogen-bond donors (Lipinski definition) is 1. The molecule has 0 saturated carbocycles. The SMILES string of the molecule is Cc1cc(CO)cnc1Oc1ccc2ccccc2c1. The molecule has 3 nitrogen and oxygen atoms in total. The van der Waals surface area contributed by atoms with Crippen molar-refractivity contribution >= 4 is 10.8 Å². The normalized spacial score (nSPS) is 10.7. The average molecular weight is 265 g/mol. The van der Waals surface area contributed by atoms with Crippen molar-refractivity contribution in [3.05, 3.63) is 65.9 Å². The van der Waals surface area contributed by atoms with Crippen LogP contribution in [0.4, 0.5) is 0 Å². The Hall–Kier alpha value is -2.39. The first-order valence-electron chi connectivity index (χ1n) is 6.49. The smallest absolute Gasteiger partial charge is 0.222 e. The van der Waals surface area contributed by atoms with Crippen LogP contribution in [-0.2, 0) is 6.61 Å². The van der Waals surface area contributed by atoms with E-state index < -0.39 is 0 Å². The Labute approximate surface area is 117 Å². The molecule has 20 heavy (non-hydrogen) atoms. The maximum Gasteiger partial charge on any atom is 0.222 e. The molecule has 1 N–H and O–H groups in total. The maximum atomic E-state index is 9.08. The third-order valence-electron chi connectivity index (χ3n) is 3.20. The lowest BCUT2D eigenvalue weighted by Gasteiger charge is -2.09.